The fraction of sp³-hybridized carbons (Fsp3) is 0.500. The van der Waals surface area contributed by atoms with Gasteiger partial charge < -0.3 is 4.90 Å². The number of benzene rings is 1. The second-order valence-corrected chi connectivity index (χ2v) is 6.31. The minimum absolute atomic E-state index is 0.0206. The molecular weight excluding hydrogens is 315 g/mol. The number of rotatable bonds is 2. The molecule has 7 heteroatoms. The number of likely N-dealkylation sites (tertiary alicyclic amines) is 1. The SMILES string of the molecule is CC1CCN(C(=O)c2cc([N+](=O)[O-])cc(Cl)c2Cl)C(C)C1. The van der Waals surface area contributed by atoms with E-state index in [0.29, 0.717) is 12.5 Å². The molecule has 1 heterocycles. The van der Waals surface area contributed by atoms with E-state index in [-0.39, 0.29) is 33.2 Å². The number of nitro groups is 1. The molecule has 1 aromatic rings. The van der Waals surface area contributed by atoms with Crippen LogP contribution < -0.4 is 0 Å². The zero-order chi connectivity index (χ0) is 15.7. The number of amides is 1. The topological polar surface area (TPSA) is 63.5 Å². The highest BCUT2D eigenvalue weighted by atomic mass is 35.5. The quantitative estimate of drug-likeness (QED) is 0.604. The Morgan fingerprint density at radius 1 is 1.38 bits per heavy atom. The van der Waals surface area contributed by atoms with E-state index in [2.05, 4.69) is 6.92 Å². The normalized spacial score (nSPS) is 22.2. The molecule has 0 bridgehead atoms. The smallest absolute Gasteiger partial charge is 0.271 e. The first-order valence-corrected chi connectivity index (χ1v) is 7.51. The molecule has 0 aromatic heterocycles. The lowest BCUT2D eigenvalue weighted by Gasteiger charge is -2.36. The third kappa shape index (κ3) is 3.30. The minimum Gasteiger partial charge on any atom is -0.336 e. The Labute approximate surface area is 133 Å². The first kappa shape index (κ1) is 16.0. The molecule has 2 unspecified atom stereocenters. The Balaban J connectivity index is 2.37. The van der Waals surface area contributed by atoms with Crippen molar-refractivity contribution in [3.63, 3.8) is 0 Å². The monoisotopic (exact) mass is 330 g/mol. The average molecular weight is 331 g/mol. The highest BCUT2D eigenvalue weighted by Crippen LogP contribution is 2.33. The van der Waals surface area contributed by atoms with Gasteiger partial charge in [0, 0.05) is 24.7 Å². The van der Waals surface area contributed by atoms with Crippen molar-refractivity contribution in [2.24, 2.45) is 5.92 Å². The van der Waals surface area contributed by atoms with Crippen LogP contribution in [0.3, 0.4) is 0 Å². The zero-order valence-corrected chi connectivity index (χ0v) is 13.3. The molecule has 1 aliphatic rings. The molecule has 0 radical (unpaired) electrons. The van der Waals surface area contributed by atoms with Gasteiger partial charge in [0.15, 0.2) is 0 Å². The van der Waals surface area contributed by atoms with Gasteiger partial charge in [-0.15, -0.1) is 0 Å². The van der Waals surface area contributed by atoms with Gasteiger partial charge in [-0.3, -0.25) is 14.9 Å². The number of hydrogen-bond acceptors (Lipinski definition) is 3. The molecule has 1 amide bonds. The predicted molar refractivity (Wildman–Crippen MR) is 82.0 cm³/mol. The maximum atomic E-state index is 12.6. The van der Waals surface area contributed by atoms with E-state index in [1.165, 1.54) is 6.07 Å². The molecule has 1 fully saturated rings. The van der Waals surface area contributed by atoms with Gasteiger partial charge in [-0.05, 0) is 25.7 Å². The van der Waals surface area contributed by atoms with Gasteiger partial charge >= 0.3 is 0 Å². The maximum Gasteiger partial charge on any atom is 0.271 e. The summed E-state index contributed by atoms with van der Waals surface area (Å²) in [6.07, 6.45) is 1.82. The number of non-ortho nitro benzene ring substituents is 1. The zero-order valence-electron chi connectivity index (χ0n) is 11.8. The van der Waals surface area contributed by atoms with Crippen molar-refractivity contribution in [1.82, 2.24) is 4.90 Å². The van der Waals surface area contributed by atoms with E-state index >= 15 is 0 Å². The van der Waals surface area contributed by atoms with Crippen LogP contribution in [-0.4, -0.2) is 28.3 Å². The van der Waals surface area contributed by atoms with Crippen molar-refractivity contribution >= 4 is 34.8 Å². The highest BCUT2D eigenvalue weighted by Gasteiger charge is 2.30. The van der Waals surface area contributed by atoms with Crippen LogP contribution in [0.5, 0.6) is 0 Å². The Morgan fingerprint density at radius 2 is 2.05 bits per heavy atom. The van der Waals surface area contributed by atoms with Gasteiger partial charge in [-0.1, -0.05) is 30.1 Å². The molecule has 0 N–H and O–H groups in total. The van der Waals surface area contributed by atoms with Crippen LogP contribution in [0.2, 0.25) is 10.0 Å². The Kier molecular flexibility index (Phi) is 4.74. The predicted octanol–water partition coefficient (Wildman–Crippen LogP) is 4.16. The second-order valence-electron chi connectivity index (χ2n) is 5.52. The fourth-order valence-electron chi connectivity index (χ4n) is 2.70. The van der Waals surface area contributed by atoms with E-state index in [4.69, 9.17) is 23.2 Å². The number of hydrogen-bond donors (Lipinski definition) is 0. The van der Waals surface area contributed by atoms with Crippen LogP contribution in [0.1, 0.15) is 37.0 Å². The molecule has 21 heavy (non-hydrogen) atoms. The molecule has 1 saturated heterocycles. The molecule has 2 atom stereocenters. The van der Waals surface area contributed by atoms with Crippen LogP contribution in [-0.2, 0) is 0 Å². The number of halogens is 2. The Hall–Kier alpha value is -1.33. The molecule has 0 saturated carbocycles. The number of nitrogens with zero attached hydrogens (tertiary/aromatic N) is 2. The third-order valence-electron chi connectivity index (χ3n) is 3.85. The van der Waals surface area contributed by atoms with Crippen LogP contribution in [0.4, 0.5) is 5.69 Å². The largest absolute Gasteiger partial charge is 0.336 e. The van der Waals surface area contributed by atoms with Crippen molar-refractivity contribution in [2.45, 2.75) is 32.7 Å². The summed E-state index contributed by atoms with van der Waals surface area (Å²) in [5, 5.41) is 11.0. The number of carbonyl (C=O) groups excluding carboxylic acids is 1. The molecule has 2 rings (SSSR count). The van der Waals surface area contributed by atoms with Crippen molar-refractivity contribution in [3.05, 3.63) is 37.9 Å². The van der Waals surface area contributed by atoms with Crippen LogP contribution >= 0.6 is 23.2 Å². The van der Waals surface area contributed by atoms with Crippen LogP contribution in [0, 0.1) is 16.0 Å². The van der Waals surface area contributed by atoms with Crippen molar-refractivity contribution in [3.8, 4) is 0 Å². The first-order chi connectivity index (χ1) is 9.81. The van der Waals surface area contributed by atoms with Gasteiger partial charge in [0.25, 0.3) is 11.6 Å². The maximum absolute atomic E-state index is 12.6. The summed E-state index contributed by atoms with van der Waals surface area (Å²) < 4.78 is 0. The highest BCUT2D eigenvalue weighted by molar-refractivity contribution is 6.44. The summed E-state index contributed by atoms with van der Waals surface area (Å²) in [6.45, 7) is 4.74. The van der Waals surface area contributed by atoms with Gasteiger partial charge in [-0.2, -0.15) is 0 Å². The summed E-state index contributed by atoms with van der Waals surface area (Å²) in [5.74, 6) is 0.262. The lowest BCUT2D eigenvalue weighted by Crippen LogP contribution is -2.44. The molecule has 114 valence electrons. The summed E-state index contributed by atoms with van der Waals surface area (Å²) in [7, 11) is 0. The average Bonchev–Trinajstić information content (AvgIpc) is 2.40. The van der Waals surface area contributed by atoms with Crippen molar-refractivity contribution in [1.29, 1.82) is 0 Å². The lowest BCUT2D eigenvalue weighted by atomic mass is 9.93. The molecule has 5 nitrogen and oxygen atoms in total. The molecule has 1 aliphatic heterocycles. The number of carbonyl (C=O) groups is 1. The van der Waals surface area contributed by atoms with Gasteiger partial charge in [0.2, 0.25) is 0 Å². The van der Waals surface area contributed by atoms with Crippen molar-refractivity contribution in [2.75, 3.05) is 6.54 Å². The van der Waals surface area contributed by atoms with Gasteiger partial charge in [0.05, 0.1) is 20.5 Å². The summed E-state index contributed by atoms with van der Waals surface area (Å²) in [6, 6.07) is 2.43. The van der Waals surface area contributed by atoms with Crippen LogP contribution in [0.25, 0.3) is 0 Å². The van der Waals surface area contributed by atoms with Crippen LogP contribution in [0.15, 0.2) is 12.1 Å². The molecular formula is C14H16Cl2N2O3. The lowest BCUT2D eigenvalue weighted by molar-refractivity contribution is -0.384. The summed E-state index contributed by atoms with van der Waals surface area (Å²) in [5.41, 5.74) is -0.136. The van der Waals surface area contributed by atoms with E-state index < -0.39 is 4.92 Å². The minimum atomic E-state index is -0.583. The first-order valence-electron chi connectivity index (χ1n) is 6.75. The van der Waals surface area contributed by atoms with Gasteiger partial charge in [-0.25, -0.2) is 0 Å². The Bertz CT molecular complexity index is 592. The third-order valence-corrected chi connectivity index (χ3v) is 4.66. The fourth-order valence-corrected chi connectivity index (χ4v) is 3.10. The second kappa shape index (κ2) is 6.20. The Morgan fingerprint density at radius 3 is 2.62 bits per heavy atom. The molecule has 1 aromatic carbocycles. The number of nitro benzene ring substituents is 1. The molecule has 0 spiro atoms. The summed E-state index contributed by atoms with van der Waals surface area (Å²) >= 11 is 12.0. The van der Waals surface area contributed by atoms with Crippen molar-refractivity contribution < 1.29 is 9.72 Å². The van der Waals surface area contributed by atoms with E-state index in [0.717, 1.165) is 18.9 Å². The summed E-state index contributed by atoms with van der Waals surface area (Å²) in [4.78, 5) is 24.7. The number of piperidine rings is 1. The van der Waals surface area contributed by atoms with E-state index in [9.17, 15) is 14.9 Å². The van der Waals surface area contributed by atoms with E-state index in [1.807, 2.05) is 6.92 Å². The van der Waals surface area contributed by atoms with Gasteiger partial charge in [0.1, 0.15) is 0 Å². The molecule has 0 aliphatic carbocycles. The standard InChI is InChI=1S/C14H16Cl2N2O3/c1-8-3-4-17(9(2)5-8)14(19)11-6-10(18(20)21)7-12(15)13(11)16/h6-9H,3-5H2,1-2H3. The van der Waals surface area contributed by atoms with E-state index in [1.54, 1.807) is 4.90 Å².